The quantitative estimate of drug-likeness (QED) is 0.840. The molecule has 1 nitrogen and oxygen atoms in total. The van der Waals surface area contributed by atoms with Gasteiger partial charge < -0.3 is 5.32 Å². The molecule has 0 heterocycles. The molecule has 3 unspecified atom stereocenters. The Hall–Kier alpha value is -0.820. The van der Waals surface area contributed by atoms with Crippen molar-refractivity contribution in [3.63, 3.8) is 0 Å². The predicted octanol–water partition coefficient (Wildman–Crippen LogP) is 4.34. The predicted molar refractivity (Wildman–Crippen MR) is 85.9 cm³/mol. The molecule has 0 aliphatic heterocycles. The van der Waals surface area contributed by atoms with Crippen molar-refractivity contribution in [2.45, 2.75) is 58.9 Å². The average molecular weight is 271 g/mol. The molecule has 0 saturated heterocycles. The molecule has 3 rings (SSSR count). The molecule has 2 bridgehead atoms. The van der Waals surface area contributed by atoms with Gasteiger partial charge in [0.05, 0.1) is 0 Å². The van der Waals surface area contributed by atoms with E-state index in [2.05, 4.69) is 50.4 Å². The van der Waals surface area contributed by atoms with Crippen molar-refractivity contribution in [2.75, 3.05) is 6.54 Å². The van der Waals surface area contributed by atoms with Gasteiger partial charge in [0, 0.05) is 12.6 Å². The summed E-state index contributed by atoms with van der Waals surface area (Å²) in [6.07, 6.45) is 7.17. The summed E-state index contributed by atoms with van der Waals surface area (Å²) in [6.45, 7) is 7.93. The first-order chi connectivity index (χ1) is 9.57. The monoisotopic (exact) mass is 271 g/mol. The van der Waals surface area contributed by atoms with Gasteiger partial charge in [-0.05, 0) is 55.4 Å². The molecule has 0 aromatic heterocycles. The fourth-order valence-corrected chi connectivity index (χ4v) is 4.57. The second kappa shape index (κ2) is 5.52. The van der Waals surface area contributed by atoms with Gasteiger partial charge in [0.1, 0.15) is 0 Å². The summed E-state index contributed by atoms with van der Waals surface area (Å²) in [6, 6.07) is 9.83. The van der Waals surface area contributed by atoms with Gasteiger partial charge in [-0.25, -0.2) is 0 Å². The minimum absolute atomic E-state index is 0.530. The van der Waals surface area contributed by atoms with Crippen LogP contribution in [0.25, 0.3) is 0 Å². The summed E-state index contributed by atoms with van der Waals surface area (Å²) in [5.41, 5.74) is 3.44. The maximum Gasteiger partial charge on any atom is 0.00161 e. The van der Waals surface area contributed by atoms with E-state index >= 15 is 0 Å². The van der Waals surface area contributed by atoms with E-state index in [4.69, 9.17) is 0 Å². The van der Waals surface area contributed by atoms with Gasteiger partial charge in [-0.1, -0.05) is 50.1 Å². The van der Waals surface area contributed by atoms with Crippen LogP contribution in [0.2, 0.25) is 0 Å². The Morgan fingerprint density at radius 2 is 1.95 bits per heavy atom. The number of fused-ring (bicyclic) bond motifs is 2. The lowest BCUT2D eigenvalue weighted by Gasteiger charge is -2.39. The maximum absolute atomic E-state index is 3.74. The molecule has 1 aromatic rings. The SMILES string of the molecule is Cc1ccc(CC2(CNC(C)C)CC3CCC2C3)cc1. The van der Waals surface area contributed by atoms with E-state index < -0.39 is 0 Å². The Kier molecular flexibility index (Phi) is 3.90. The van der Waals surface area contributed by atoms with E-state index in [0.29, 0.717) is 11.5 Å². The second-order valence-corrected chi connectivity index (χ2v) is 7.64. The van der Waals surface area contributed by atoms with Crippen LogP contribution in [-0.4, -0.2) is 12.6 Å². The van der Waals surface area contributed by atoms with Gasteiger partial charge in [-0.3, -0.25) is 0 Å². The maximum atomic E-state index is 3.74. The Morgan fingerprint density at radius 3 is 2.50 bits per heavy atom. The number of nitrogens with one attached hydrogen (secondary N) is 1. The van der Waals surface area contributed by atoms with Gasteiger partial charge in [0.25, 0.3) is 0 Å². The molecule has 0 radical (unpaired) electrons. The highest BCUT2D eigenvalue weighted by Crippen LogP contribution is 2.57. The molecule has 1 aromatic carbocycles. The molecule has 0 amide bonds. The minimum atomic E-state index is 0.530. The summed E-state index contributed by atoms with van der Waals surface area (Å²) < 4.78 is 0. The van der Waals surface area contributed by atoms with Gasteiger partial charge in [-0.15, -0.1) is 0 Å². The number of aryl methyl sites for hydroxylation is 1. The molecule has 2 aliphatic rings. The third kappa shape index (κ3) is 2.79. The van der Waals surface area contributed by atoms with Crippen LogP contribution in [0.1, 0.15) is 50.7 Å². The second-order valence-electron chi connectivity index (χ2n) is 7.64. The first kappa shape index (κ1) is 14.1. The van der Waals surface area contributed by atoms with Crippen LogP contribution >= 0.6 is 0 Å². The molecule has 2 fully saturated rings. The Balaban J connectivity index is 1.77. The normalized spacial score (nSPS) is 32.2. The third-order valence-electron chi connectivity index (χ3n) is 5.64. The van der Waals surface area contributed by atoms with Crippen molar-refractivity contribution in [2.24, 2.45) is 17.3 Å². The van der Waals surface area contributed by atoms with Crippen LogP contribution in [0.3, 0.4) is 0 Å². The average Bonchev–Trinajstić information content (AvgIpc) is 3.00. The van der Waals surface area contributed by atoms with Crippen LogP contribution in [0.4, 0.5) is 0 Å². The van der Waals surface area contributed by atoms with Crippen molar-refractivity contribution in [1.82, 2.24) is 5.32 Å². The number of rotatable bonds is 5. The molecule has 1 heteroatoms. The van der Waals surface area contributed by atoms with Crippen molar-refractivity contribution in [3.8, 4) is 0 Å². The number of hydrogen-bond donors (Lipinski definition) is 1. The van der Waals surface area contributed by atoms with Crippen molar-refractivity contribution >= 4 is 0 Å². The lowest BCUT2D eigenvalue weighted by Crippen LogP contribution is -2.42. The number of benzene rings is 1. The first-order valence-corrected chi connectivity index (χ1v) is 8.36. The topological polar surface area (TPSA) is 12.0 Å². The highest BCUT2D eigenvalue weighted by atomic mass is 14.9. The van der Waals surface area contributed by atoms with Gasteiger partial charge >= 0.3 is 0 Å². The molecule has 2 saturated carbocycles. The Labute approximate surface area is 124 Å². The highest BCUT2D eigenvalue weighted by Gasteiger charge is 2.50. The standard InChI is InChI=1S/C19H29N/c1-14(2)20-13-19(12-17-8-9-18(19)10-17)11-16-6-4-15(3)5-7-16/h4-7,14,17-18,20H,8-13H2,1-3H3. The number of hydrogen-bond acceptors (Lipinski definition) is 1. The highest BCUT2D eigenvalue weighted by molar-refractivity contribution is 5.23. The van der Waals surface area contributed by atoms with Crippen LogP contribution < -0.4 is 5.32 Å². The largest absolute Gasteiger partial charge is 0.314 e. The summed E-state index contributed by atoms with van der Waals surface area (Å²) >= 11 is 0. The fourth-order valence-electron chi connectivity index (χ4n) is 4.57. The van der Waals surface area contributed by atoms with Crippen LogP contribution in [0, 0.1) is 24.2 Å². The Morgan fingerprint density at radius 1 is 1.20 bits per heavy atom. The van der Waals surface area contributed by atoms with E-state index in [-0.39, 0.29) is 0 Å². The van der Waals surface area contributed by atoms with E-state index in [0.717, 1.165) is 11.8 Å². The zero-order valence-corrected chi connectivity index (χ0v) is 13.3. The molecular formula is C19H29N. The van der Waals surface area contributed by atoms with Crippen molar-refractivity contribution < 1.29 is 0 Å². The zero-order valence-electron chi connectivity index (χ0n) is 13.3. The van der Waals surface area contributed by atoms with E-state index in [1.54, 1.807) is 0 Å². The lowest BCUT2D eigenvalue weighted by molar-refractivity contribution is 0.152. The van der Waals surface area contributed by atoms with Crippen molar-refractivity contribution in [1.29, 1.82) is 0 Å². The fraction of sp³-hybridized carbons (Fsp3) is 0.684. The molecule has 2 aliphatic carbocycles. The van der Waals surface area contributed by atoms with Crippen LogP contribution in [0.15, 0.2) is 24.3 Å². The molecular weight excluding hydrogens is 242 g/mol. The van der Waals surface area contributed by atoms with Gasteiger partial charge in [0.2, 0.25) is 0 Å². The summed E-state index contributed by atoms with van der Waals surface area (Å²) in [4.78, 5) is 0. The molecule has 3 atom stereocenters. The zero-order chi connectivity index (χ0) is 14.2. The van der Waals surface area contributed by atoms with Gasteiger partial charge in [0.15, 0.2) is 0 Å². The lowest BCUT2D eigenvalue weighted by atomic mass is 9.69. The van der Waals surface area contributed by atoms with Gasteiger partial charge in [-0.2, -0.15) is 0 Å². The molecule has 1 N–H and O–H groups in total. The molecule has 110 valence electrons. The summed E-state index contributed by atoms with van der Waals surface area (Å²) in [7, 11) is 0. The van der Waals surface area contributed by atoms with Crippen LogP contribution in [-0.2, 0) is 6.42 Å². The first-order valence-electron chi connectivity index (χ1n) is 8.36. The van der Waals surface area contributed by atoms with E-state index in [9.17, 15) is 0 Å². The van der Waals surface area contributed by atoms with E-state index in [1.807, 2.05) is 0 Å². The smallest absolute Gasteiger partial charge is 0.00161 e. The summed E-state index contributed by atoms with van der Waals surface area (Å²) in [5.74, 6) is 1.97. The van der Waals surface area contributed by atoms with E-state index in [1.165, 1.54) is 49.8 Å². The third-order valence-corrected chi connectivity index (χ3v) is 5.64. The van der Waals surface area contributed by atoms with Crippen molar-refractivity contribution in [3.05, 3.63) is 35.4 Å². The summed E-state index contributed by atoms with van der Waals surface area (Å²) in [5, 5.41) is 3.74. The molecule has 0 spiro atoms. The Bertz CT molecular complexity index is 447. The minimum Gasteiger partial charge on any atom is -0.314 e. The van der Waals surface area contributed by atoms with Crippen LogP contribution in [0.5, 0.6) is 0 Å². The molecule has 20 heavy (non-hydrogen) atoms.